The van der Waals surface area contributed by atoms with Crippen molar-refractivity contribution in [2.45, 2.75) is 56.2 Å². The number of hydrogen-bond acceptors (Lipinski definition) is 6. The van der Waals surface area contributed by atoms with Gasteiger partial charge in [-0.2, -0.15) is 4.80 Å². The summed E-state index contributed by atoms with van der Waals surface area (Å²) in [5.74, 6) is 0.689. The third-order valence-electron chi connectivity index (χ3n) is 6.03. The van der Waals surface area contributed by atoms with E-state index in [0.29, 0.717) is 5.82 Å². The number of benzene rings is 1. The molecule has 1 aliphatic heterocycles. The lowest BCUT2D eigenvalue weighted by molar-refractivity contribution is -0.147. The van der Waals surface area contributed by atoms with Crippen molar-refractivity contribution >= 4 is 5.91 Å². The molecule has 2 N–H and O–H groups in total. The molecule has 4 rings (SSSR count). The van der Waals surface area contributed by atoms with Crippen molar-refractivity contribution in [1.29, 1.82) is 0 Å². The highest BCUT2D eigenvalue weighted by Crippen LogP contribution is 2.29. The standard InChI is InChI=1S/C20H28N6O2/c1-28-20(11-13-21-14-12-20)19(27)22-16-7-9-17(10-8-16)26-24-18(23-25-26)15-5-3-2-4-6-15/h2-6,16-17,21H,7-14H2,1H3,(H,22,27). The maximum atomic E-state index is 12.8. The fourth-order valence-corrected chi connectivity index (χ4v) is 4.21. The zero-order chi connectivity index (χ0) is 19.4. The van der Waals surface area contributed by atoms with E-state index in [-0.39, 0.29) is 18.0 Å². The molecule has 2 heterocycles. The number of ether oxygens (including phenoxy) is 1. The van der Waals surface area contributed by atoms with Gasteiger partial charge in [0, 0.05) is 18.7 Å². The van der Waals surface area contributed by atoms with Crippen LogP contribution in [0, 0.1) is 0 Å². The Balaban J connectivity index is 1.32. The number of tetrazole rings is 1. The Bertz CT molecular complexity index is 779. The topological polar surface area (TPSA) is 94.0 Å². The van der Waals surface area contributed by atoms with E-state index in [1.165, 1.54) is 0 Å². The van der Waals surface area contributed by atoms with Gasteiger partial charge in [-0.3, -0.25) is 4.79 Å². The first-order valence-electron chi connectivity index (χ1n) is 10.1. The number of rotatable bonds is 5. The molecule has 1 saturated carbocycles. The Morgan fingerprint density at radius 1 is 1.18 bits per heavy atom. The van der Waals surface area contributed by atoms with Crippen LogP contribution in [0.1, 0.15) is 44.6 Å². The highest BCUT2D eigenvalue weighted by Gasteiger charge is 2.40. The van der Waals surface area contributed by atoms with Gasteiger partial charge in [0.25, 0.3) is 5.91 Å². The SMILES string of the molecule is COC1(C(=O)NC2CCC(n3nnc(-c4ccccc4)n3)CC2)CCNCC1. The van der Waals surface area contributed by atoms with Crippen LogP contribution in [0.5, 0.6) is 0 Å². The molecule has 0 unspecified atom stereocenters. The van der Waals surface area contributed by atoms with Crippen LogP contribution in [0.2, 0.25) is 0 Å². The molecule has 1 aromatic heterocycles. The largest absolute Gasteiger partial charge is 0.368 e. The first-order chi connectivity index (χ1) is 13.7. The van der Waals surface area contributed by atoms with Gasteiger partial charge in [-0.25, -0.2) is 0 Å². The molecule has 0 bridgehead atoms. The molecule has 1 saturated heterocycles. The van der Waals surface area contributed by atoms with Gasteiger partial charge in [0.15, 0.2) is 0 Å². The molecule has 2 aliphatic rings. The van der Waals surface area contributed by atoms with Crippen molar-refractivity contribution in [2.24, 2.45) is 0 Å². The lowest BCUT2D eigenvalue weighted by Crippen LogP contribution is -2.56. The van der Waals surface area contributed by atoms with Crippen LogP contribution in [-0.4, -0.2) is 58.0 Å². The Morgan fingerprint density at radius 2 is 1.89 bits per heavy atom. The van der Waals surface area contributed by atoms with Gasteiger partial charge < -0.3 is 15.4 Å². The van der Waals surface area contributed by atoms with Crippen molar-refractivity contribution < 1.29 is 9.53 Å². The van der Waals surface area contributed by atoms with E-state index in [2.05, 4.69) is 26.0 Å². The lowest BCUT2D eigenvalue weighted by atomic mass is 9.88. The normalized spacial score (nSPS) is 24.6. The summed E-state index contributed by atoms with van der Waals surface area (Å²) in [6, 6.07) is 10.3. The fourth-order valence-electron chi connectivity index (χ4n) is 4.21. The van der Waals surface area contributed by atoms with Crippen molar-refractivity contribution in [3.8, 4) is 11.4 Å². The molecule has 1 aromatic carbocycles. The second-order valence-electron chi connectivity index (χ2n) is 7.73. The van der Waals surface area contributed by atoms with Crippen molar-refractivity contribution in [3.05, 3.63) is 30.3 Å². The van der Waals surface area contributed by atoms with Crippen LogP contribution in [0.3, 0.4) is 0 Å². The molecule has 2 fully saturated rings. The summed E-state index contributed by atoms with van der Waals surface area (Å²) in [5.41, 5.74) is 0.293. The number of nitrogens with one attached hydrogen (secondary N) is 2. The number of nitrogens with zero attached hydrogens (tertiary/aromatic N) is 4. The number of methoxy groups -OCH3 is 1. The molecular formula is C20H28N6O2. The number of aromatic nitrogens is 4. The van der Waals surface area contributed by atoms with Crippen LogP contribution in [0.4, 0.5) is 0 Å². The van der Waals surface area contributed by atoms with E-state index in [4.69, 9.17) is 4.74 Å². The lowest BCUT2D eigenvalue weighted by Gasteiger charge is -2.37. The predicted molar refractivity (Wildman–Crippen MR) is 105 cm³/mol. The Kier molecular flexibility index (Phi) is 5.68. The van der Waals surface area contributed by atoms with E-state index in [9.17, 15) is 4.79 Å². The van der Waals surface area contributed by atoms with Gasteiger partial charge >= 0.3 is 0 Å². The number of carbonyl (C=O) groups is 1. The van der Waals surface area contributed by atoms with E-state index in [1.54, 1.807) is 11.9 Å². The first-order valence-corrected chi connectivity index (χ1v) is 10.1. The number of carbonyl (C=O) groups excluding carboxylic acids is 1. The molecule has 1 aliphatic carbocycles. The van der Waals surface area contributed by atoms with E-state index >= 15 is 0 Å². The molecule has 0 atom stereocenters. The number of hydrogen-bond donors (Lipinski definition) is 2. The van der Waals surface area contributed by atoms with Gasteiger partial charge in [-0.15, -0.1) is 10.2 Å². The average Bonchev–Trinajstić information content (AvgIpc) is 3.25. The van der Waals surface area contributed by atoms with Gasteiger partial charge in [0.1, 0.15) is 5.60 Å². The number of piperidine rings is 1. The molecule has 8 heteroatoms. The Hall–Kier alpha value is -2.32. The van der Waals surface area contributed by atoms with E-state index in [1.807, 2.05) is 30.3 Å². The summed E-state index contributed by atoms with van der Waals surface area (Å²) >= 11 is 0. The molecule has 2 aromatic rings. The smallest absolute Gasteiger partial charge is 0.252 e. The third-order valence-corrected chi connectivity index (χ3v) is 6.03. The van der Waals surface area contributed by atoms with Crippen molar-refractivity contribution in [1.82, 2.24) is 30.8 Å². The minimum absolute atomic E-state index is 0.0326. The summed E-state index contributed by atoms with van der Waals surface area (Å²) in [7, 11) is 1.64. The van der Waals surface area contributed by atoms with Gasteiger partial charge in [-0.1, -0.05) is 30.3 Å². The minimum Gasteiger partial charge on any atom is -0.368 e. The van der Waals surface area contributed by atoms with E-state index in [0.717, 1.165) is 57.2 Å². The molecule has 150 valence electrons. The van der Waals surface area contributed by atoms with Gasteiger partial charge in [-0.05, 0) is 56.8 Å². The Labute approximate surface area is 165 Å². The highest BCUT2D eigenvalue weighted by molar-refractivity contribution is 5.85. The van der Waals surface area contributed by atoms with Gasteiger partial charge in [0.05, 0.1) is 6.04 Å². The first kappa shape index (κ1) is 19.0. The molecule has 8 nitrogen and oxygen atoms in total. The van der Waals surface area contributed by atoms with Crippen LogP contribution >= 0.6 is 0 Å². The summed E-state index contributed by atoms with van der Waals surface area (Å²) in [4.78, 5) is 14.6. The van der Waals surface area contributed by atoms with Crippen molar-refractivity contribution in [2.75, 3.05) is 20.2 Å². The average molecular weight is 384 g/mol. The summed E-state index contributed by atoms with van der Waals surface area (Å²) in [5, 5.41) is 19.5. The maximum Gasteiger partial charge on any atom is 0.252 e. The van der Waals surface area contributed by atoms with Crippen LogP contribution in [0.15, 0.2) is 30.3 Å². The van der Waals surface area contributed by atoms with Crippen LogP contribution in [-0.2, 0) is 9.53 Å². The number of amides is 1. The molecule has 1 amide bonds. The van der Waals surface area contributed by atoms with Crippen LogP contribution < -0.4 is 10.6 Å². The molecule has 28 heavy (non-hydrogen) atoms. The fraction of sp³-hybridized carbons (Fsp3) is 0.600. The van der Waals surface area contributed by atoms with E-state index < -0.39 is 5.60 Å². The minimum atomic E-state index is -0.680. The van der Waals surface area contributed by atoms with Crippen LogP contribution in [0.25, 0.3) is 11.4 Å². The monoisotopic (exact) mass is 384 g/mol. The zero-order valence-electron chi connectivity index (χ0n) is 16.3. The summed E-state index contributed by atoms with van der Waals surface area (Å²) in [6.45, 7) is 1.63. The second-order valence-corrected chi connectivity index (χ2v) is 7.73. The third kappa shape index (κ3) is 3.93. The maximum absolute atomic E-state index is 12.8. The second kappa shape index (κ2) is 8.36. The van der Waals surface area contributed by atoms with Gasteiger partial charge in [0.2, 0.25) is 5.82 Å². The molecule has 0 radical (unpaired) electrons. The predicted octanol–water partition coefficient (Wildman–Crippen LogP) is 1.71. The highest BCUT2D eigenvalue weighted by atomic mass is 16.5. The molecule has 0 spiro atoms. The van der Waals surface area contributed by atoms with Crippen molar-refractivity contribution in [3.63, 3.8) is 0 Å². The summed E-state index contributed by atoms with van der Waals surface area (Å²) in [6.07, 6.45) is 5.12. The molecular weight excluding hydrogens is 356 g/mol. The summed E-state index contributed by atoms with van der Waals surface area (Å²) < 4.78 is 5.63. The Morgan fingerprint density at radius 3 is 2.57 bits per heavy atom. The zero-order valence-corrected chi connectivity index (χ0v) is 16.3. The quantitative estimate of drug-likeness (QED) is 0.815.